The van der Waals surface area contributed by atoms with Crippen molar-refractivity contribution in [2.24, 2.45) is 5.41 Å². The molecule has 0 heterocycles. The summed E-state index contributed by atoms with van der Waals surface area (Å²) in [6.45, 7) is 2.71. The van der Waals surface area contributed by atoms with Gasteiger partial charge in [0, 0.05) is 20.0 Å². The topological polar surface area (TPSA) is 57.6 Å². The Bertz CT molecular complexity index is 282. The van der Waals surface area contributed by atoms with Crippen LogP contribution in [0.4, 0.5) is 0 Å². The normalized spacial score (nSPS) is 18.7. The number of carbonyl (C=O) groups is 2. The van der Waals surface area contributed by atoms with E-state index in [-0.39, 0.29) is 12.3 Å². The standard InChI is InChI=1S/C13H23NO3/c1-3-9-14(2)11(15)10-13(12(16)17)7-5-4-6-8-13/h3-10H2,1-2H3,(H,16,17). The molecule has 1 fully saturated rings. The second kappa shape index (κ2) is 6.03. The highest BCUT2D eigenvalue weighted by Crippen LogP contribution is 2.39. The molecule has 1 amide bonds. The Labute approximate surface area is 103 Å². The molecule has 0 aromatic carbocycles. The van der Waals surface area contributed by atoms with Crippen molar-refractivity contribution in [3.8, 4) is 0 Å². The monoisotopic (exact) mass is 241 g/mol. The van der Waals surface area contributed by atoms with Crippen LogP contribution in [0, 0.1) is 5.41 Å². The zero-order valence-corrected chi connectivity index (χ0v) is 10.9. The summed E-state index contributed by atoms with van der Waals surface area (Å²) in [5.74, 6) is -0.827. The lowest BCUT2D eigenvalue weighted by Crippen LogP contribution is -2.40. The summed E-state index contributed by atoms with van der Waals surface area (Å²) in [5, 5.41) is 9.38. The maximum atomic E-state index is 12.0. The average molecular weight is 241 g/mol. The molecule has 0 radical (unpaired) electrons. The van der Waals surface area contributed by atoms with Crippen LogP contribution in [0.5, 0.6) is 0 Å². The molecular weight excluding hydrogens is 218 g/mol. The molecule has 98 valence electrons. The Hall–Kier alpha value is -1.06. The highest BCUT2D eigenvalue weighted by molar-refractivity contribution is 5.85. The van der Waals surface area contributed by atoms with Crippen molar-refractivity contribution in [1.29, 1.82) is 0 Å². The summed E-state index contributed by atoms with van der Waals surface area (Å²) in [4.78, 5) is 25.0. The number of carbonyl (C=O) groups excluding carboxylic acids is 1. The van der Waals surface area contributed by atoms with Gasteiger partial charge in [0.25, 0.3) is 0 Å². The molecular formula is C13H23NO3. The number of hydrogen-bond donors (Lipinski definition) is 1. The molecule has 0 aromatic heterocycles. The van der Waals surface area contributed by atoms with Gasteiger partial charge in [-0.15, -0.1) is 0 Å². The van der Waals surface area contributed by atoms with Gasteiger partial charge in [0.1, 0.15) is 0 Å². The molecule has 0 aliphatic heterocycles. The zero-order chi connectivity index (χ0) is 12.9. The zero-order valence-electron chi connectivity index (χ0n) is 10.9. The van der Waals surface area contributed by atoms with Gasteiger partial charge < -0.3 is 10.0 Å². The lowest BCUT2D eigenvalue weighted by molar-refractivity contribution is -0.155. The maximum absolute atomic E-state index is 12.0. The van der Waals surface area contributed by atoms with Gasteiger partial charge in [-0.3, -0.25) is 9.59 Å². The van der Waals surface area contributed by atoms with Crippen LogP contribution in [0.1, 0.15) is 51.9 Å². The number of hydrogen-bond acceptors (Lipinski definition) is 2. The first kappa shape index (κ1) is 14.0. The molecule has 0 atom stereocenters. The van der Waals surface area contributed by atoms with Crippen LogP contribution in [-0.4, -0.2) is 35.5 Å². The second-order valence-electron chi connectivity index (χ2n) is 5.14. The molecule has 1 aliphatic rings. The summed E-state index contributed by atoms with van der Waals surface area (Å²) in [7, 11) is 1.75. The second-order valence-corrected chi connectivity index (χ2v) is 5.14. The van der Waals surface area contributed by atoms with E-state index < -0.39 is 11.4 Å². The summed E-state index contributed by atoms with van der Waals surface area (Å²) < 4.78 is 0. The van der Waals surface area contributed by atoms with E-state index in [9.17, 15) is 14.7 Å². The van der Waals surface area contributed by atoms with Crippen LogP contribution in [-0.2, 0) is 9.59 Å². The first-order chi connectivity index (χ1) is 8.02. The van der Waals surface area contributed by atoms with E-state index in [4.69, 9.17) is 0 Å². The van der Waals surface area contributed by atoms with E-state index in [1.165, 1.54) is 0 Å². The molecule has 0 spiro atoms. The number of aliphatic carboxylic acids is 1. The Morgan fingerprint density at radius 3 is 2.29 bits per heavy atom. The minimum Gasteiger partial charge on any atom is -0.481 e. The number of nitrogens with zero attached hydrogens (tertiary/aromatic N) is 1. The van der Waals surface area contributed by atoms with Crippen molar-refractivity contribution in [2.45, 2.75) is 51.9 Å². The highest BCUT2D eigenvalue weighted by Gasteiger charge is 2.41. The third kappa shape index (κ3) is 3.45. The predicted molar refractivity (Wildman–Crippen MR) is 65.7 cm³/mol. The molecule has 1 aliphatic carbocycles. The van der Waals surface area contributed by atoms with Gasteiger partial charge >= 0.3 is 5.97 Å². The number of rotatable bonds is 5. The van der Waals surface area contributed by atoms with Crippen LogP contribution >= 0.6 is 0 Å². The van der Waals surface area contributed by atoms with Crippen molar-refractivity contribution in [2.75, 3.05) is 13.6 Å². The van der Waals surface area contributed by atoms with Gasteiger partial charge in [0.05, 0.1) is 5.41 Å². The van der Waals surface area contributed by atoms with Crippen LogP contribution < -0.4 is 0 Å². The van der Waals surface area contributed by atoms with E-state index in [0.717, 1.165) is 25.7 Å². The first-order valence-electron chi connectivity index (χ1n) is 6.49. The fraction of sp³-hybridized carbons (Fsp3) is 0.846. The van der Waals surface area contributed by atoms with E-state index in [0.29, 0.717) is 19.4 Å². The van der Waals surface area contributed by atoms with Crippen LogP contribution in [0.2, 0.25) is 0 Å². The lowest BCUT2D eigenvalue weighted by atomic mass is 9.71. The molecule has 0 saturated heterocycles. The Morgan fingerprint density at radius 1 is 1.24 bits per heavy atom. The SMILES string of the molecule is CCCN(C)C(=O)CC1(C(=O)O)CCCCC1. The van der Waals surface area contributed by atoms with Gasteiger partial charge in [-0.25, -0.2) is 0 Å². The minimum absolute atomic E-state index is 0.0313. The molecule has 1 saturated carbocycles. The van der Waals surface area contributed by atoms with Crippen LogP contribution in [0.3, 0.4) is 0 Å². The van der Waals surface area contributed by atoms with Gasteiger partial charge in [0.2, 0.25) is 5.91 Å². The summed E-state index contributed by atoms with van der Waals surface area (Å²) in [6.07, 6.45) is 5.31. The number of carboxylic acids is 1. The lowest BCUT2D eigenvalue weighted by Gasteiger charge is -2.33. The van der Waals surface area contributed by atoms with Crippen molar-refractivity contribution < 1.29 is 14.7 Å². The van der Waals surface area contributed by atoms with E-state index in [2.05, 4.69) is 0 Å². The van der Waals surface area contributed by atoms with Crippen molar-refractivity contribution in [3.63, 3.8) is 0 Å². The fourth-order valence-corrected chi connectivity index (χ4v) is 2.58. The van der Waals surface area contributed by atoms with E-state index in [1.807, 2.05) is 6.92 Å². The molecule has 1 rings (SSSR count). The molecule has 1 N–H and O–H groups in total. The Morgan fingerprint density at radius 2 is 1.82 bits per heavy atom. The third-order valence-electron chi connectivity index (χ3n) is 3.74. The minimum atomic E-state index is -0.796. The maximum Gasteiger partial charge on any atom is 0.310 e. The van der Waals surface area contributed by atoms with E-state index in [1.54, 1.807) is 11.9 Å². The predicted octanol–water partition coefficient (Wildman–Crippen LogP) is 2.28. The molecule has 4 heteroatoms. The van der Waals surface area contributed by atoms with Crippen molar-refractivity contribution >= 4 is 11.9 Å². The quantitative estimate of drug-likeness (QED) is 0.803. The molecule has 17 heavy (non-hydrogen) atoms. The van der Waals surface area contributed by atoms with Gasteiger partial charge in [-0.2, -0.15) is 0 Å². The highest BCUT2D eigenvalue weighted by atomic mass is 16.4. The number of amides is 1. The van der Waals surface area contributed by atoms with Gasteiger partial charge in [-0.1, -0.05) is 26.2 Å². The summed E-state index contributed by atoms with van der Waals surface area (Å²) >= 11 is 0. The van der Waals surface area contributed by atoms with Gasteiger partial charge in [0.15, 0.2) is 0 Å². The first-order valence-corrected chi connectivity index (χ1v) is 6.49. The summed E-state index contributed by atoms with van der Waals surface area (Å²) in [5.41, 5.74) is -0.794. The Kier molecular flexibility index (Phi) is 4.97. The van der Waals surface area contributed by atoms with Crippen LogP contribution in [0.15, 0.2) is 0 Å². The summed E-state index contributed by atoms with van der Waals surface area (Å²) in [6, 6.07) is 0. The molecule has 4 nitrogen and oxygen atoms in total. The molecule has 0 bridgehead atoms. The van der Waals surface area contributed by atoms with Crippen LogP contribution in [0.25, 0.3) is 0 Å². The van der Waals surface area contributed by atoms with Gasteiger partial charge in [-0.05, 0) is 19.3 Å². The number of carboxylic acid groups (broad SMARTS) is 1. The average Bonchev–Trinajstić information content (AvgIpc) is 2.30. The third-order valence-corrected chi connectivity index (χ3v) is 3.74. The largest absolute Gasteiger partial charge is 0.481 e. The smallest absolute Gasteiger partial charge is 0.310 e. The van der Waals surface area contributed by atoms with Crippen molar-refractivity contribution in [3.05, 3.63) is 0 Å². The van der Waals surface area contributed by atoms with E-state index >= 15 is 0 Å². The molecule has 0 unspecified atom stereocenters. The Balaban J connectivity index is 2.66. The molecule has 0 aromatic rings. The fourth-order valence-electron chi connectivity index (χ4n) is 2.58. The van der Waals surface area contributed by atoms with Crippen molar-refractivity contribution in [1.82, 2.24) is 4.90 Å².